The zero-order chi connectivity index (χ0) is 17.5. The van der Waals surface area contributed by atoms with Gasteiger partial charge in [-0.1, -0.05) is 19.3 Å². The van der Waals surface area contributed by atoms with Crippen molar-refractivity contribution in [2.75, 3.05) is 19.7 Å². The first kappa shape index (κ1) is 19.2. The Hall–Kier alpha value is -1.14. The zero-order valence-corrected chi connectivity index (χ0v) is 15.1. The largest absolute Gasteiger partial charge is 0.376 e. The molecule has 2 aliphatic rings. The summed E-state index contributed by atoms with van der Waals surface area (Å²) in [6, 6.07) is -0.601. The standard InChI is InChI=1S/C18H33N3O3/c1-13(24-12-15-7-4-3-5-8-15)17(20-14(2)22)18(23)21-10-6-9-16(19)11-21/h13,15-17H,3-12,19H2,1-2H3,(H,20,22)/t13-,16+,17+/m1/s1. The molecule has 1 heterocycles. The van der Waals surface area contributed by atoms with Crippen molar-refractivity contribution in [3.63, 3.8) is 0 Å². The molecule has 6 nitrogen and oxygen atoms in total. The lowest BCUT2D eigenvalue weighted by Gasteiger charge is -2.35. The lowest BCUT2D eigenvalue weighted by Crippen LogP contribution is -2.57. The Morgan fingerprint density at radius 3 is 2.54 bits per heavy atom. The Bertz CT molecular complexity index is 424. The SMILES string of the molecule is CC(=O)N[C@H](C(=O)N1CCC[C@H](N)C1)[C@@H](C)OCC1CCCCC1. The van der Waals surface area contributed by atoms with Crippen molar-refractivity contribution in [3.05, 3.63) is 0 Å². The molecule has 1 aliphatic carbocycles. The van der Waals surface area contributed by atoms with Crippen LogP contribution in [-0.4, -0.2) is 54.6 Å². The molecule has 1 saturated carbocycles. The second-order valence-corrected chi connectivity index (χ2v) is 7.41. The lowest BCUT2D eigenvalue weighted by atomic mass is 9.90. The van der Waals surface area contributed by atoms with Gasteiger partial charge in [0.1, 0.15) is 6.04 Å². The van der Waals surface area contributed by atoms with Crippen LogP contribution in [0, 0.1) is 5.92 Å². The highest BCUT2D eigenvalue weighted by molar-refractivity contribution is 5.87. The van der Waals surface area contributed by atoms with Crippen molar-refractivity contribution in [1.29, 1.82) is 0 Å². The molecular weight excluding hydrogens is 306 g/mol. The number of amides is 2. The third-order valence-corrected chi connectivity index (χ3v) is 5.18. The molecule has 1 saturated heterocycles. The molecule has 0 aromatic heterocycles. The number of nitrogens with one attached hydrogen (secondary N) is 1. The first-order valence-corrected chi connectivity index (χ1v) is 9.40. The molecule has 6 heteroatoms. The first-order chi connectivity index (χ1) is 11.5. The number of hydrogen-bond acceptors (Lipinski definition) is 4. The van der Waals surface area contributed by atoms with Crippen molar-refractivity contribution in [2.24, 2.45) is 11.7 Å². The summed E-state index contributed by atoms with van der Waals surface area (Å²) in [7, 11) is 0. The van der Waals surface area contributed by atoms with Crippen molar-refractivity contribution >= 4 is 11.8 Å². The van der Waals surface area contributed by atoms with E-state index < -0.39 is 6.04 Å². The van der Waals surface area contributed by atoms with Crippen LogP contribution in [0.5, 0.6) is 0 Å². The molecular formula is C18H33N3O3. The lowest BCUT2D eigenvalue weighted by molar-refractivity contribution is -0.141. The number of ether oxygens (including phenoxy) is 1. The average molecular weight is 339 g/mol. The number of carbonyl (C=O) groups excluding carboxylic acids is 2. The number of nitrogens with two attached hydrogens (primary N) is 1. The van der Waals surface area contributed by atoms with E-state index in [0.717, 1.165) is 12.8 Å². The highest BCUT2D eigenvalue weighted by Gasteiger charge is 2.33. The van der Waals surface area contributed by atoms with Gasteiger partial charge in [-0.05, 0) is 38.5 Å². The Kier molecular flexibility index (Phi) is 7.49. The van der Waals surface area contributed by atoms with Crippen LogP contribution >= 0.6 is 0 Å². The quantitative estimate of drug-likeness (QED) is 0.766. The topological polar surface area (TPSA) is 84.7 Å². The molecule has 2 rings (SSSR count). The van der Waals surface area contributed by atoms with Gasteiger partial charge in [-0.2, -0.15) is 0 Å². The van der Waals surface area contributed by atoms with Crippen LogP contribution in [0.4, 0.5) is 0 Å². The van der Waals surface area contributed by atoms with Gasteiger partial charge in [0.05, 0.1) is 6.10 Å². The predicted octanol–water partition coefficient (Wildman–Crippen LogP) is 1.43. The van der Waals surface area contributed by atoms with Crippen LogP contribution < -0.4 is 11.1 Å². The van der Waals surface area contributed by atoms with Gasteiger partial charge in [0.25, 0.3) is 0 Å². The number of hydrogen-bond donors (Lipinski definition) is 2. The highest BCUT2D eigenvalue weighted by atomic mass is 16.5. The summed E-state index contributed by atoms with van der Waals surface area (Å²) < 4.78 is 5.99. The van der Waals surface area contributed by atoms with Gasteiger partial charge in [-0.3, -0.25) is 9.59 Å². The third kappa shape index (κ3) is 5.74. The zero-order valence-electron chi connectivity index (χ0n) is 15.1. The Labute approximate surface area is 145 Å². The number of carbonyl (C=O) groups is 2. The maximum atomic E-state index is 12.8. The average Bonchev–Trinajstić information content (AvgIpc) is 2.57. The molecule has 3 N–H and O–H groups in total. The van der Waals surface area contributed by atoms with E-state index in [1.165, 1.54) is 39.0 Å². The summed E-state index contributed by atoms with van der Waals surface area (Å²) in [5.41, 5.74) is 5.98. The molecule has 3 atom stereocenters. The summed E-state index contributed by atoms with van der Waals surface area (Å²) in [6.07, 6.45) is 7.78. The molecule has 138 valence electrons. The van der Waals surface area contributed by atoms with E-state index in [1.807, 2.05) is 6.92 Å². The fraction of sp³-hybridized carbons (Fsp3) is 0.889. The van der Waals surface area contributed by atoms with Crippen molar-refractivity contribution in [1.82, 2.24) is 10.2 Å². The molecule has 0 spiro atoms. The second-order valence-electron chi connectivity index (χ2n) is 7.41. The molecule has 0 aromatic carbocycles. The fourth-order valence-electron chi connectivity index (χ4n) is 3.74. The van der Waals surface area contributed by atoms with Gasteiger partial charge in [0.2, 0.25) is 11.8 Å². The van der Waals surface area contributed by atoms with Gasteiger partial charge >= 0.3 is 0 Å². The summed E-state index contributed by atoms with van der Waals surface area (Å²) in [4.78, 5) is 26.2. The monoisotopic (exact) mass is 339 g/mol. The third-order valence-electron chi connectivity index (χ3n) is 5.18. The molecule has 2 fully saturated rings. The molecule has 0 bridgehead atoms. The Morgan fingerprint density at radius 1 is 1.21 bits per heavy atom. The Morgan fingerprint density at radius 2 is 1.92 bits per heavy atom. The number of rotatable bonds is 6. The minimum absolute atomic E-state index is 0.0270. The van der Waals surface area contributed by atoms with E-state index >= 15 is 0 Å². The molecule has 1 aliphatic heterocycles. The Balaban J connectivity index is 1.92. The van der Waals surface area contributed by atoms with Gasteiger partial charge in [-0.15, -0.1) is 0 Å². The molecule has 0 radical (unpaired) electrons. The molecule has 2 amide bonds. The summed E-state index contributed by atoms with van der Waals surface area (Å²) in [5, 5.41) is 2.78. The van der Waals surface area contributed by atoms with Gasteiger partial charge in [0, 0.05) is 32.7 Å². The van der Waals surface area contributed by atoms with E-state index in [9.17, 15) is 9.59 Å². The summed E-state index contributed by atoms with van der Waals surface area (Å²) in [5.74, 6) is 0.303. The molecule has 0 unspecified atom stereocenters. The van der Waals surface area contributed by atoms with Gasteiger partial charge in [-0.25, -0.2) is 0 Å². The van der Waals surface area contributed by atoms with Crippen molar-refractivity contribution in [2.45, 2.75) is 77.0 Å². The molecule has 24 heavy (non-hydrogen) atoms. The fourth-order valence-corrected chi connectivity index (χ4v) is 3.74. The minimum atomic E-state index is -0.628. The highest BCUT2D eigenvalue weighted by Crippen LogP contribution is 2.24. The number of likely N-dealkylation sites (tertiary alicyclic amines) is 1. The van der Waals surface area contributed by atoms with Crippen LogP contribution in [-0.2, 0) is 14.3 Å². The summed E-state index contributed by atoms with van der Waals surface area (Å²) >= 11 is 0. The van der Waals surface area contributed by atoms with E-state index in [4.69, 9.17) is 10.5 Å². The van der Waals surface area contributed by atoms with Crippen LogP contribution in [0.25, 0.3) is 0 Å². The second kappa shape index (κ2) is 9.37. The maximum Gasteiger partial charge on any atom is 0.247 e. The van der Waals surface area contributed by atoms with E-state index in [2.05, 4.69) is 5.32 Å². The van der Waals surface area contributed by atoms with Crippen LogP contribution in [0.1, 0.15) is 58.8 Å². The summed E-state index contributed by atoms with van der Waals surface area (Å²) in [6.45, 7) is 5.26. The van der Waals surface area contributed by atoms with E-state index in [0.29, 0.717) is 25.6 Å². The van der Waals surface area contributed by atoms with Gasteiger partial charge in [0.15, 0.2) is 0 Å². The minimum Gasteiger partial charge on any atom is -0.376 e. The van der Waals surface area contributed by atoms with Crippen LogP contribution in [0.3, 0.4) is 0 Å². The van der Waals surface area contributed by atoms with Crippen molar-refractivity contribution in [3.8, 4) is 0 Å². The van der Waals surface area contributed by atoms with E-state index in [-0.39, 0.29) is 24.0 Å². The number of nitrogens with zero attached hydrogens (tertiary/aromatic N) is 1. The van der Waals surface area contributed by atoms with E-state index in [1.54, 1.807) is 4.90 Å². The van der Waals surface area contributed by atoms with Crippen LogP contribution in [0.2, 0.25) is 0 Å². The normalized spacial score (nSPS) is 25.1. The smallest absolute Gasteiger partial charge is 0.247 e. The predicted molar refractivity (Wildman–Crippen MR) is 93.4 cm³/mol. The van der Waals surface area contributed by atoms with Crippen LogP contribution in [0.15, 0.2) is 0 Å². The van der Waals surface area contributed by atoms with Crippen molar-refractivity contribution < 1.29 is 14.3 Å². The maximum absolute atomic E-state index is 12.8. The molecule has 0 aromatic rings. The number of piperidine rings is 1. The van der Waals surface area contributed by atoms with Gasteiger partial charge < -0.3 is 20.7 Å². The first-order valence-electron chi connectivity index (χ1n) is 9.40.